The second kappa shape index (κ2) is 12.6. The van der Waals surface area contributed by atoms with Gasteiger partial charge in [0.15, 0.2) is 0 Å². The summed E-state index contributed by atoms with van der Waals surface area (Å²) in [6.45, 7) is 5.65. The molecule has 2 N–H and O–H groups in total. The van der Waals surface area contributed by atoms with Gasteiger partial charge in [-0.1, -0.05) is 49.7 Å². The number of pyridine rings is 1. The van der Waals surface area contributed by atoms with Crippen LogP contribution in [0.15, 0.2) is 36.4 Å². The molecule has 1 aromatic heterocycles. The van der Waals surface area contributed by atoms with Gasteiger partial charge in [-0.15, -0.1) is 0 Å². The van der Waals surface area contributed by atoms with Crippen molar-refractivity contribution < 1.29 is 27.9 Å². The molecule has 4 rings (SSSR count). The predicted molar refractivity (Wildman–Crippen MR) is 152 cm³/mol. The van der Waals surface area contributed by atoms with E-state index in [1.165, 1.54) is 30.1 Å². The van der Waals surface area contributed by atoms with Crippen molar-refractivity contribution >= 4 is 29.2 Å². The van der Waals surface area contributed by atoms with Crippen molar-refractivity contribution in [1.29, 1.82) is 0 Å². The van der Waals surface area contributed by atoms with E-state index in [9.17, 15) is 27.9 Å². The fourth-order valence-corrected chi connectivity index (χ4v) is 6.14. The number of halogens is 4. The monoisotopic (exact) mass is 594 g/mol. The number of rotatable bonds is 7. The van der Waals surface area contributed by atoms with E-state index in [0.717, 1.165) is 38.2 Å². The summed E-state index contributed by atoms with van der Waals surface area (Å²) in [7, 11) is 1.54. The van der Waals surface area contributed by atoms with Gasteiger partial charge in [0.1, 0.15) is 11.0 Å². The summed E-state index contributed by atoms with van der Waals surface area (Å²) in [5, 5.41) is 13.6. The molecule has 1 unspecified atom stereocenters. The minimum atomic E-state index is -5.15. The number of likely N-dealkylation sites (tertiary alicyclic amines) is 1. The molecule has 11 heteroatoms. The zero-order chi connectivity index (χ0) is 29.9. The van der Waals surface area contributed by atoms with Crippen LogP contribution in [0, 0.1) is 11.8 Å². The molecule has 0 bridgehead atoms. The highest BCUT2D eigenvalue weighted by Crippen LogP contribution is 2.42. The van der Waals surface area contributed by atoms with Crippen molar-refractivity contribution in [3.63, 3.8) is 0 Å². The highest BCUT2D eigenvalue weighted by molar-refractivity contribution is 6.32. The number of benzene rings is 1. The average Bonchev–Trinajstić information content (AvgIpc) is 2.96. The highest BCUT2D eigenvalue weighted by Gasteiger charge is 2.62. The molecular weight excluding hydrogens is 557 g/mol. The third-order valence-electron chi connectivity index (χ3n) is 8.50. The summed E-state index contributed by atoms with van der Waals surface area (Å²) in [6, 6.07) is 9.08. The van der Waals surface area contributed by atoms with Crippen LogP contribution in [0.25, 0.3) is 0 Å². The van der Waals surface area contributed by atoms with Gasteiger partial charge in [-0.2, -0.15) is 13.2 Å². The Morgan fingerprint density at radius 2 is 1.66 bits per heavy atom. The Morgan fingerprint density at radius 3 is 2.20 bits per heavy atom. The van der Waals surface area contributed by atoms with Crippen molar-refractivity contribution in [2.45, 2.75) is 63.6 Å². The van der Waals surface area contributed by atoms with Gasteiger partial charge in [0.05, 0.1) is 5.56 Å². The molecule has 2 amide bonds. The smallest absolute Gasteiger partial charge is 0.369 e. The number of hydrogen-bond donors (Lipinski definition) is 2. The number of piperidine rings is 2. The molecule has 2 fully saturated rings. The van der Waals surface area contributed by atoms with Crippen molar-refractivity contribution in [1.82, 2.24) is 15.2 Å². The van der Waals surface area contributed by atoms with Crippen LogP contribution >= 0.6 is 11.6 Å². The Labute approximate surface area is 244 Å². The third-order valence-corrected chi connectivity index (χ3v) is 8.79. The lowest BCUT2D eigenvalue weighted by Crippen LogP contribution is -2.57. The summed E-state index contributed by atoms with van der Waals surface area (Å²) in [6.07, 6.45) is -1.12. The van der Waals surface area contributed by atoms with Crippen LogP contribution in [0.1, 0.15) is 73.4 Å². The SMILES string of the molecule is CNC(=O)c1ccc(N2CCC(CC3CCN(C(=O)C(O)(c4cccc(C(C)C)c4)C(F)(F)F)CC3)CC2)nc1Cl. The first-order valence-corrected chi connectivity index (χ1v) is 14.6. The summed E-state index contributed by atoms with van der Waals surface area (Å²) < 4.78 is 42.7. The molecule has 0 spiro atoms. The van der Waals surface area contributed by atoms with Gasteiger partial charge in [0, 0.05) is 38.8 Å². The molecule has 41 heavy (non-hydrogen) atoms. The molecule has 3 heterocycles. The topological polar surface area (TPSA) is 85.8 Å². The zero-order valence-corrected chi connectivity index (χ0v) is 24.4. The Kier molecular flexibility index (Phi) is 9.53. The second-order valence-electron chi connectivity index (χ2n) is 11.5. The first-order valence-electron chi connectivity index (χ1n) is 14.2. The van der Waals surface area contributed by atoms with Gasteiger partial charge in [-0.25, -0.2) is 4.98 Å². The van der Waals surface area contributed by atoms with Gasteiger partial charge in [0.25, 0.3) is 17.4 Å². The number of aliphatic hydroxyl groups is 1. The van der Waals surface area contributed by atoms with E-state index < -0.39 is 23.2 Å². The van der Waals surface area contributed by atoms with Crippen molar-refractivity contribution in [2.75, 3.05) is 38.1 Å². The minimum Gasteiger partial charge on any atom is -0.369 e. The quantitative estimate of drug-likeness (QED) is 0.413. The molecule has 1 atom stereocenters. The second-order valence-corrected chi connectivity index (χ2v) is 11.8. The predicted octanol–water partition coefficient (Wildman–Crippen LogP) is 5.51. The summed E-state index contributed by atoms with van der Waals surface area (Å²) in [4.78, 5) is 32.8. The van der Waals surface area contributed by atoms with Crippen LogP contribution in [0.3, 0.4) is 0 Å². The average molecular weight is 595 g/mol. The summed E-state index contributed by atoms with van der Waals surface area (Å²) in [5.41, 5.74) is -3.06. The number of carbonyl (C=O) groups excluding carboxylic acids is 2. The Morgan fingerprint density at radius 1 is 1.05 bits per heavy atom. The van der Waals surface area contributed by atoms with Crippen molar-refractivity contribution in [3.05, 3.63) is 58.2 Å². The van der Waals surface area contributed by atoms with Crippen LogP contribution in [-0.2, 0) is 10.4 Å². The standard InChI is InChI=1S/C30H38ClF3N4O3/c1-19(2)22-5-4-6-23(18-22)29(41,30(32,33)34)28(40)38-15-11-21(12-16-38)17-20-9-13-37(14-10-20)25-8-7-24(26(31)36-25)27(39)35-3/h4-8,18-21,41H,9-17H2,1-3H3,(H,35,39). The fraction of sp³-hybridized carbons (Fsp3) is 0.567. The number of alkyl halides is 3. The lowest BCUT2D eigenvalue weighted by molar-refractivity contribution is -0.262. The molecule has 2 aromatic rings. The van der Waals surface area contributed by atoms with Crippen LogP contribution in [0.2, 0.25) is 5.15 Å². The largest absolute Gasteiger partial charge is 0.430 e. The van der Waals surface area contributed by atoms with Gasteiger partial charge in [0.2, 0.25) is 0 Å². The lowest BCUT2D eigenvalue weighted by atomic mass is 9.82. The van der Waals surface area contributed by atoms with Crippen molar-refractivity contribution in [2.24, 2.45) is 11.8 Å². The molecule has 1 aromatic carbocycles. The van der Waals surface area contributed by atoms with Crippen LogP contribution in [-0.4, -0.2) is 66.2 Å². The van der Waals surface area contributed by atoms with E-state index in [4.69, 9.17) is 11.6 Å². The molecule has 2 aliphatic heterocycles. The van der Waals surface area contributed by atoms with Crippen LogP contribution in [0.5, 0.6) is 0 Å². The number of carbonyl (C=O) groups is 2. The fourth-order valence-electron chi connectivity index (χ4n) is 5.91. The van der Waals surface area contributed by atoms with E-state index in [1.807, 2.05) is 13.8 Å². The maximum Gasteiger partial charge on any atom is 0.430 e. The van der Waals surface area contributed by atoms with Gasteiger partial charge in [-0.3, -0.25) is 9.59 Å². The molecule has 7 nitrogen and oxygen atoms in total. The maximum absolute atomic E-state index is 14.2. The third kappa shape index (κ3) is 6.64. The van der Waals surface area contributed by atoms with Gasteiger partial charge in [-0.05, 0) is 67.6 Å². The number of amides is 2. The van der Waals surface area contributed by atoms with Gasteiger partial charge >= 0.3 is 6.18 Å². The maximum atomic E-state index is 14.2. The van der Waals surface area contributed by atoms with E-state index >= 15 is 0 Å². The van der Waals surface area contributed by atoms with E-state index in [0.29, 0.717) is 35.8 Å². The normalized spacial score (nSPS) is 18.9. The Balaban J connectivity index is 1.32. The minimum absolute atomic E-state index is 0.0474. The molecule has 224 valence electrons. The Hall–Kier alpha value is -2.85. The van der Waals surface area contributed by atoms with E-state index in [1.54, 1.807) is 18.2 Å². The number of nitrogens with one attached hydrogen (secondary N) is 1. The zero-order valence-electron chi connectivity index (χ0n) is 23.7. The molecule has 0 saturated carbocycles. The summed E-state index contributed by atoms with van der Waals surface area (Å²) in [5.74, 6) is -0.142. The summed E-state index contributed by atoms with van der Waals surface area (Å²) >= 11 is 6.22. The lowest BCUT2D eigenvalue weighted by Gasteiger charge is -2.40. The highest BCUT2D eigenvalue weighted by atomic mass is 35.5. The Bertz CT molecular complexity index is 1240. The number of anilines is 1. The number of nitrogens with zero attached hydrogens (tertiary/aromatic N) is 3. The molecule has 0 radical (unpaired) electrons. The first kappa shape index (κ1) is 31.1. The number of hydrogen-bond acceptors (Lipinski definition) is 5. The van der Waals surface area contributed by atoms with Crippen molar-refractivity contribution in [3.8, 4) is 0 Å². The first-order chi connectivity index (χ1) is 19.3. The molecule has 2 saturated heterocycles. The van der Waals surface area contributed by atoms with Crippen LogP contribution in [0.4, 0.5) is 19.0 Å². The number of aromatic nitrogens is 1. The molecular formula is C30H38ClF3N4O3. The van der Waals surface area contributed by atoms with E-state index in [-0.39, 0.29) is 30.1 Å². The van der Waals surface area contributed by atoms with Gasteiger partial charge < -0.3 is 20.2 Å². The van der Waals surface area contributed by atoms with Crippen LogP contribution < -0.4 is 10.2 Å². The van der Waals surface area contributed by atoms with E-state index in [2.05, 4.69) is 15.2 Å². The molecule has 0 aliphatic carbocycles. The molecule has 2 aliphatic rings.